The molecule has 0 aliphatic carbocycles. The average molecular weight is 445 g/mol. The van der Waals surface area contributed by atoms with Gasteiger partial charge < -0.3 is 20.4 Å². The summed E-state index contributed by atoms with van der Waals surface area (Å²) in [4.78, 5) is 38.0. The van der Waals surface area contributed by atoms with Gasteiger partial charge in [-0.1, -0.05) is 91.9 Å². The Balaban J connectivity index is 6.72. The van der Waals surface area contributed by atoms with E-state index in [1.54, 1.807) is 13.8 Å². The van der Waals surface area contributed by atoms with Crippen LogP contribution in [0.1, 0.15) is 118 Å². The number of hydrogen-bond acceptors (Lipinski definition) is 4. The summed E-state index contributed by atoms with van der Waals surface area (Å²) in [6, 6.07) is 0. The van der Waals surface area contributed by atoms with E-state index in [0.717, 1.165) is 25.7 Å². The highest BCUT2D eigenvalue weighted by molar-refractivity contribution is 5.95. The van der Waals surface area contributed by atoms with Crippen molar-refractivity contribution in [3.63, 3.8) is 0 Å². The molecule has 7 heteroatoms. The minimum Gasteiger partial charge on any atom is -0.481 e. The molecule has 0 aromatic carbocycles. The van der Waals surface area contributed by atoms with E-state index in [2.05, 4.69) is 6.92 Å². The van der Waals surface area contributed by atoms with Crippen LogP contribution in [0, 0.1) is 10.8 Å². The van der Waals surface area contributed by atoms with Gasteiger partial charge in [-0.05, 0) is 25.7 Å². The zero-order valence-corrected chi connectivity index (χ0v) is 19.9. The molecule has 0 amide bonds. The van der Waals surface area contributed by atoms with Crippen LogP contribution in [-0.2, 0) is 14.4 Å². The van der Waals surface area contributed by atoms with Crippen molar-refractivity contribution in [1.82, 2.24) is 0 Å². The third-order valence-corrected chi connectivity index (χ3v) is 6.78. The van der Waals surface area contributed by atoms with Gasteiger partial charge >= 0.3 is 17.9 Å². The Morgan fingerprint density at radius 1 is 0.516 bits per heavy atom. The fraction of sp³-hybridized carbons (Fsp3) is 0.875. The van der Waals surface area contributed by atoms with Gasteiger partial charge in [0.1, 0.15) is 10.8 Å². The van der Waals surface area contributed by atoms with Crippen LogP contribution in [0.5, 0.6) is 0 Å². The molecule has 4 N–H and O–H groups in total. The molecule has 0 rings (SSSR count). The normalized spacial score (nSPS) is 15.8. The Bertz CT molecular complexity index is 568. The smallest absolute Gasteiger partial charge is 0.338 e. The zero-order valence-electron chi connectivity index (χ0n) is 19.9. The van der Waals surface area contributed by atoms with E-state index in [1.165, 1.54) is 0 Å². The topological polar surface area (TPSA) is 132 Å². The molecular formula is C24H44O7. The maximum Gasteiger partial charge on any atom is 0.338 e. The third kappa shape index (κ3) is 6.21. The molecule has 182 valence electrons. The molecule has 0 radical (unpaired) electrons. The first-order chi connectivity index (χ1) is 14.6. The summed E-state index contributed by atoms with van der Waals surface area (Å²) in [5, 5.41) is 42.7. The molecule has 0 aromatic heterocycles. The van der Waals surface area contributed by atoms with Crippen LogP contribution < -0.4 is 0 Å². The highest BCUT2D eigenvalue weighted by Gasteiger charge is 2.72. The number of carboxylic acid groups (broad SMARTS) is 3. The van der Waals surface area contributed by atoms with Gasteiger partial charge in [-0.25, -0.2) is 4.79 Å². The number of aliphatic carboxylic acids is 3. The van der Waals surface area contributed by atoms with Crippen molar-refractivity contribution in [2.45, 2.75) is 123 Å². The van der Waals surface area contributed by atoms with Crippen LogP contribution in [0.2, 0.25) is 0 Å². The summed E-state index contributed by atoms with van der Waals surface area (Å²) in [5.74, 6) is -4.60. The summed E-state index contributed by atoms with van der Waals surface area (Å²) in [5.41, 5.74) is -7.05. The van der Waals surface area contributed by atoms with Gasteiger partial charge in [0, 0.05) is 0 Å². The van der Waals surface area contributed by atoms with E-state index in [-0.39, 0.29) is 25.7 Å². The van der Waals surface area contributed by atoms with Gasteiger partial charge in [0.05, 0.1) is 0 Å². The van der Waals surface area contributed by atoms with Gasteiger partial charge in [0.15, 0.2) is 5.60 Å². The second kappa shape index (κ2) is 13.7. The number of carboxylic acids is 3. The summed E-state index contributed by atoms with van der Waals surface area (Å²) < 4.78 is 0. The van der Waals surface area contributed by atoms with E-state index in [0.29, 0.717) is 38.5 Å². The molecule has 2 atom stereocenters. The molecule has 0 aliphatic heterocycles. The van der Waals surface area contributed by atoms with Crippen molar-refractivity contribution >= 4 is 17.9 Å². The lowest BCUT2D eigenvalue weighted by molar-refractivity contribution is -0.227. The lowest BCUT2D eigenvalue weighted by atomic mass is 9.52. The highest BCUT2D eigenvalue weighted by Crippen LogP contribution is 2.55. The third-order valence-electron chi connectivity index (χ3n) is 6.78. The van der Waals surface area contributed by atoms with Crippen LogP contribution in [0.15, 0.2) is 0 Å². The summed E-state index contributed by atoms with van der Waals surface area (Å²) in [6.45, 7) is 7.46. The molecule has 0 spiro atoms. The first-order valence-electron chi connectivity index (χ1n) is 12.0. The fourth-order valence-electron chi connectivity index (χ4n) is 5.14. The molecule has 0 bridgehead atoms. The molecule has 31 heavy (non-hydrogen) atoms. The van der Waals surface area contributed by atoms with Gasteiger partial charge in [0.2, 0.25) is 0 Å². The first-order valence-corrected chi connectivity index (χ1v) is 12.0. The van der Waals surface area contributed by atoms with Crippen LogP contribution >= 0.6 is 0 Å². The van der Waals surface area contributed by atoms with Crippen molar-refractivity contribution in [3.05, 3.63) is 0 Å². The Kier molecular flexibility index (Phi) is 13.0. The number of aliphatic hydroxyl groups is 1. The lowest BCUT2D eigenvalue weighted by Crippen LogP contribution is -2.69. The molecule has 0 saturated heterocycles. The molecule has 0 aliphatic rings. The van der Waals surface area contributed by atoms with Crippen molar-refractivity contribution in [2.24, 2.45) is 10.8 Å². The Morgan fingerprint density at radius 3 is 1.23 bits per heavy atom. The van der Waals surface area contributed by atoms with E-state index in [1.807, 2.05) is 6.92 Å². The SMILES string of the molecule is CCCCCCCC(CCCCC)(C(=O)O)C(O)(C(=O)O)C(CCC)(CCC)C(=O)O. The van der Waals surface area contributed by atoms with Crippen molar-refractivity contribution < 1.29 is 34.8 Å². The zero-order chi connectivity index (χ0) is 24.1. The summed E-state index contributed by atoms with van der Waals surface area (Å²) in [6.07, 6.45) is 6.27. The standard InChI is InChI=1S/C24H44O7/c1-5-9-11-12-14-18-23(20(27)28,17-13-10-6-2)24(31,21(29)30)22(15-7-3,16-8-4)19(25)26/h31H,5-18H2,1-4H3,(H,25,26)(H,27,28)(H,29,30). The number of carbonyl (C=O) groups is 3. The predicted octanol–water partition coefficient (Wildman–Crippen LogP) is 5.49. The Labute approximate surface area is 187 Å². The van der Waals surface area contributed by atoms with E-state index < -0.39 is 34.3 Å². The maximum atomic E-state index is 12.7. The van der Waals surface area contributed by atoms with Gasteiger partial charge in [-0.15, -0.1) is 0 Å². The van der Waals surface area contributed by atoms with Crippen LogP contribution in [-0.4, -0.2) is 43.9 Å². The summed E-state index contributed by atoms with van der Waals surface area (Å²) in [7, 11) is 0. The Morgan fingerprint density at radius 2 is 0.871 bits per heavy atom. The van der Waals surface area contributed by atoms with Gasteiger partial charge in [-0.2, -0.15) is 0 Å². The monoisotopic (exact) mass is 444 g/mol. The van der Waals surface area contributed by atoms with Gasteiger partial charge in [-0.3, -0.25) is 9.59 Å². The average Bonchev–Trinajstić information content (AvgIpc) is 2.70. The highest BCUT2D eigenvalue weighted by atomic mass is 16.4. The molecule has 2 unspecified atom stereocenters. The van der Waals surface area contributed by atoms with Crippen LogP contribution in [0.4, 0.5) is 0 Å². The van der Waals surface area contributed by atoms with E-state index in [4.69, 9.17) is 0 Å². The first kappa shape index (κ1) is 29.4. The molecule has 0 fully saturated rings. The lowest BCUT2D eigenvalue weighted by Gasteiger charge is -2.51. The molecule has 7 nitrogen and oxygen atoms in total. The van der Waals surface area contributed by atoms with Crippen molar-refractivity contribution in [1.29, 1.82) is 0 Å². The van der Waals surface area contributed by atoms with Crippen molar-refractivity contribution in [2.75, 3.05) is 0 Å². The number of rotatable bonds is 19. The van der Waals surface area contributed by atoms with Crippen LogP contribution in [0.3, 0.4) is 0 Å². The molecule has 0 heterocycles. The number of unbranched alkanes of at least 4 members (excludes halogenated alkanes) is 6. The second-order valence-corrected chi connectivity index (χ2v) is 8.91. The maximum absolute atomic E-state index is 12.7. The molecule has 0 aromatic rings. The predicted molar refractivity (Wildman–Crippen MR) is 120 cm³/mol. The molecule has 0 saturated carbocycles. The second-order valence-electron chi connectivity index (χ2n) is 8.91. The minimum atomic E-state index is -2.91. The van der Waals surface area contributed by atoms with Crippen LogP contribution in [0.25, 0.3) is 0 Å². The summed E-state index contributed by atoms with van der Waals surface area (Å²) >= 11 is 0. The van der Waals surface area contributed by atoms with Crippen molar-refractivity contribution in [3.8, 4) is 0 Å². The van der Waals surface area contributed by atoms with E-state index in [9.17, 15) is 34.8 Å². The fourth-order valence-corrected chi connectivity index (χ4v) is 5.14. The van der Waals surface area contributed by atoms with Gasteiger partial charge in [0.25, 0.3) is 0 Å². The van der Waals surface area contributed by atoms with E-state index >= 15 is 0 Å². The largest absolute Gasteiger partial charge is 0.481 e. The number of hydrogen-bond donors (Lipinski definition) is 4. The quantitative estimate of drug-likeness (QED) is 0.194. The molecular weight excluding hydrogens is 400 g/mol. The Hall–Kier alpha value is -1.63. The minimum absolute atomic E-state index is 0.0545.